The van der Waals surface area contributed by atoms with Gasteiger partial charge in [0, 0.05) is 25.0 Å². The van der Waals surface area contributed by atoms with Crippen molar-refractivity contribution in [3.05, 3.63) is 30.1 Å². The van der Waals surface area contributed by atoms with Gasteiger partial charge in [-0.25, -0.2) is 0 Å². The summed E-state index contributed by atoms with van der Waals surface area (Å²) in [5.41, 5.74) is 1.35. The summed E-state index contributed by atoms with van der Waals surface area (Å²) < 4.78 is 0. The molecule has 2 heterocycles. The van der Waals surface area contributed by atoms with E-state index in [9.17, 15) is 5.11 Å². The Morgan fingerprint density at radius 2 is 2.24 bits per heavy atom. The van der Waals surface area contributed by atoms with E-state index in [1.54, 1.807) is 0 Å². The minimum atomic E-state index is -0.179. The van der Waals surface area contributed by atoms with Crippen molar-refractivity contribution in [2.24, 2.45) is 0 Å². The summed E-state index contributed by atoms with van der Waals surface area (Å²) in [7, 11) is 0. The van der Waals surface area contributed by atoms with Gasteiger partial charge in [-0.1, -0.05) is 0 Å². The Morgan fingerprint density at radius 3 is 2.94 bits per heavy atom. The third-order valence-corrected chi connectivity index (χ3v) is 3.55. The zero-order chi connectivity index (χ0) is 12.1. The van der Waals surface area contributed by atoms with Crippen LogP contribution in [0.4, 0.5) is 0 Å². The van der Waals surface area contributed by atoms with E-state index in [2.05, 4.69) is 22.0 Å². The first-order chi connectivity index (χ1) is 8.25. The van der Waals surface area contributed by atoms with Crippen LogP contribution < -0.4 is 0 Å². The van der Waals surface area contributed by atoms with Gasteiger partial charge in [0.05, 0.1) is 6.10 Å². The first kappa shape index (κ1) is 12.5. The number of hydrogen-bond acceptors (Lipinski definition) is 3. The molecular formula is C14H22N2O. The molecule has 94 valence electrons. The van der Waals surface area contributed by atoms with E-state index in [4.69, 9.17) is 0 Å². The van der Waals surface area contributed by atoms with E-state index in [-0.39, 0.29) is 6.10 Å². The average Bonchev–Trinajstić information content (AvgIpc) is 2.74. The Hall–Kier alpha value is -0.930. The highest BCUT2D eigenvalue weighted by Crippen LogP contribution is 2.21. The molecule has 2 rings (SSSR count). The highest BCUT2D eigenvalue weighted by Gasteiger charge is 2.24. The molecule has 1 aromatic heterocycles. The van der Waals surface area contributed by atoms with E-state index < -0.39 is 0 Å². The zero-order valence-corrected chi connectivity index (χ0v) is 10.5. The van der Waals surface area contributed by atoms with Gasteiger partial charge in [0.1, 0.15) is 0 Å². The van der Waals surface area contributed by atoms with Crippen molar-refractivity contribution in [2.45, 2.75) is 44.8 Å². The molecule has 1 aliphatic heterocycles. The zero-order valence-electron chi connectivity index (χ0n) is 10.5. The summed E-state index contributed by atoms with van der Waals surface area (Å²) in [4.78, 5) is 6.55. The maximum absolute atomic E-state index is 9.48. The molecule has 0 saturated carbocycles. The fraction of sp³-hybridized carbons (Fsp3) is 0.643. The number of pyridine rings is 1. The Bertz CT molecular complexity index is 326. The molecule has 2 unspecified atom stereocenters. The van der Waals surface area contributed by atoms with Crippen LogP contribution in [0.2, 0.25) is 0 Å². The number of nitrogens with zero attached hydrogens (tertiary/aromatic N) is 2. The molecular weight excluding hydrogens is 212 g/mol. The molecule has 0 aliphatic carbocycles. The molecule has 0 radical (unpaired) electrons. The van der Waals surface area contributed by atoms with Crippen LogP contribution in [0.25, 0.3) is 0 Å². The molecule has 17 heavy (non-hydrogen) atoms. The number of rotatable bonds is 5. The van der Waals surface area contributed by atoms with Crippen LogP contribution in [0.15, 0.2) is 24.5 Å². The molecule has 0 amide bonds. The minimum Gasteiger partial charge on any atom is -0.393 e. The van der Waals surface area contributed by atoms with Crippen molar-refractivity contribution < 1.29 is 5.11 Å². The van der Waals surface area contributed by atoms with Gasteiger partial charge in [0.2, 0.25) is 0 Å². The third kappa shape index (κ3) is 3.79. The lowest BCUT2D eigenvalue weighted by atomic mass is 10.1. The van der Waals surface area contributed by atoms with Crippen LogP contribution in [0, 0.1) is 0 Å². The Kier molecular flexibility index (Phi) is 4.51. The number of likely N-dealkylation sites (tertiary alicyclic amines) is 1. The van der Waals surface area contributed by atoms with Crippen LogP contribution in [-0.4, -0.2) is 40.2 Å². The first-order valence-corrected chi connectivity index (χ1v) is 6.56. The fourth-order valence-corrected chi connectivity index (χ4v) is 2.67. The van der Waals surface area contributed by atoms with Crippen molar-refractivity contribution in [3.8, 4) is 0 Å². The molecule has 0 bridgehead atoms. The van der Waals surface area contributed by atoms with Crippen LogP contribution in [0.1, 0.15) is 31.7 Å². The molecule has 1 aromatic rings. The fourth-order valence-electron chi connectivity index (χ4n) is 2.67. The van der Waals surface area contributed by atoms with E-state index in [0.29, 0.717) is 6.04 Å². The summed E-state index contributed by atoms with van der Waals surface area (Å²) in [6, 6.07) is 4.75. The first-order valence-electron chi connectivity index (χ1n) is 6.56. The quantitative estimate of drug-likeness (QED) is 0.845. The van der Waals surface area contributed by atoms with Gasteiger partial charge in [-0.05, 0) is 56.8 Å². The minimum absolute atomic E-state index is 0.179. The predicted molar refractivity (Wildman–Crippen MR) is 68.8 cm³/mol. The highest BCUT2D eigenvalue weighted by molar-refractivity contribution is 5.10. The molecule has 1 aliphatic rings. The smallest absolute Gasteiger partial charge is 0.0527 e. The second-order valence-electron chi connectivity index (χ2n) is 5.02. The van der Waals surface area contributed by atoms with Crippen LogP contribution in [-0.2, 0) is 6.42 Å². The summed E-state index contributed by atoms with van der Waals surface area (Å²) >= 11 is 0. The third-order valence-electron chi connectivity index (χ3n) is 3.55. The van der Waals surface area contributed by atoms with Crippen molar-refractivity contribution in [2.75, 3.05) is 13.1 Å². The van der Waals surface area contributed by atoms with Gasteiger partial charge >= 0.3 is 0 Å². The van der Waals surface area contributed by atoms with Crippen molar-refractivity contribution in [3.63, 3.8) is 0 Å². The van der Waals surface area contributed by atoms with Crippen molar-refractivity contribution in [1.29, 1.82) is 0 Å². The number of aliphatic hydroxyl groups excluding tert-OH is 1. The molecule has 0 aromatic carbocycles. The SMILES string of the molecule is CC(O)CC1CCCN1CCc1ccncc1. The lowest BCUT2D eigenvalue weighted by Gasteiger charge is -2.25. The normalized spacial score (nSPS) is 22.8. The van der Waals surface area contributed by atoms with Gasteiger partial charge < -0.3 is 5.11 Å². The number of aliphatic hydroxyl groups is 1. The summed E-state index contributed by atoms with van der Waals surface area (Å²) in [5.74, 6) is 0. The summed E-state index contributed by atoms with van der Waals surface area (Å²) in [6.45, 7) is 4.17. The molecule has 3 heteroatoms. The summed E-state index contributed by atoms with van der Waals surface area (Å²) in [5, 5.41) is 9.48. The van der Waals surface area contributed by atoms with Gasteiger partial charge in [-0.15, -0.1) is 0 Å². The second kappa shape index (κ2) is 6.12. The van der Waals surface area contributed by atoms with Gasteiger partial charge in [-0.2, -0.15) is 0 Å². The van der Waals surface area contributed by atoms with E-state index in [1.165, 1.54) is 24.9 Å². The number of aromatic nitrogens is 1. The van der Waals surface area contributed by atoms with E-state index in [0.717, 1.165) is 19.4 Å². The maximum Gasteiger partial charge on any atom is 0.0527 e. The molecule has 1 saturated heterocycles. The Morgan fingerprint density at radius 1 is 1.47 bits per heavy atom. The maximum atomic E-state index is 9.48. The van der Waals surface area contributed by atoms with Gasteiger partial charge in [0.15, 0.2) is 0 Å². The van der Waals surface area contributed by atoms with E-state index >= 15 is 0 Å². The highest BCUT2D eigenvalue weighted by atomic mass is 16.3. The largest absolute Gasteiger partial charge is 0.393 e. The second-order valence-corrected chi connectivity index (χ2v) is 5.02. The molecule has 0 spiro atoms. The van der Waals surface area contributed by atoms with Gasteiger partial charge in [-0.3, -0.25) is 9.88 Å². The van der Waals surface area contributed by atoms with Crippen molar-refractivity contribution in [1.82, 2.24) is 9.88 Å². The lowest BCUT2D eigenvalue weighted by Crippen LogP contribution is -2.33. The van der Waals surface area contributed by atoms with Crippen LogP contribution in [0.5, 0.6) is 0 Å². The molecule has 1 fully saturated rings. The Labute approximate surface area is 103 Å². The van der Waals surface area contributed by atoms with Crippen LogP contribution >= 0.6 is 0 Å². The number of hydrogen-bond donors (Lipinski definition) is 1. The molecule has 1 N–H and O–H groups in total. The monoisotopic (exact) mass is 234 g/mol. The molecule has 3 nitrogen and oxygen atoms in total. The van der Waals surface area contributed by atoms with Gasteiger partial charge in [0.25, 0.3) is 0 Å². The standard InChI is InChI=1S/C14H22N2O/c1-12(17)11-14-3-2-9-16(14)10-6-13-4-7-15-8-5-13/h4-5,7-8,12,14,17H,2-3,6,9-11H2,1H3. The summed E-state index contributed by atoms with van der Waals surface area (Å²) in [6.07, 6.45) is 8.03. The van der Waals surface area contributed by atoms with Crippen LogP contribution in [0.3, 0.4) is 0 Å². The topological polar surface area (TPSA) is 36.4 Å². The van der Waals surface area contributed by atoms with Crippen molar-refractivity contribution >= 4 is 0 Å². The molecule has 2 atom stereocenters. The lowest BCUT2D eigenvalue weighted by molar-refractivity contribution is 0.134. The predicted octanol–water partition coefficient (Wildman–Crippen LogP) is 1.86. The Balaban J connectivity index is 1.82. The average molecular weight is 234 g/mol. The van der Waals surface area contributed by atoms with E-state index in [1.807, 2.05) is 19.3 Å².